The van der Waals surface area contributed by atoms with Crippen molar-refractivity contribution in [2.75, 3.05) is 26.1 Å². The molecule has 0 aliphatic carbocycles. The smallest absolute Gasteiger partial charge is 0.431 e. The molecule has 0 unspecified atom stereocenters. The van der Waals surface area contributed by atoms with Gasteiger partial charge in [0.05, 0.1) is 26.4 Å². The predicted octanol–water partition coefficient (Wildman–Crippen LogP) is 2.08. The van der Waals surface area contributed by atoms with Crippen molar-refractivity contribution >= 4 is 11.9 Å². The van der Waals surface area contributed by atoms with Crippen LogP contribution in [-0.2, 0) is 9.53 Å². The summed E-state index contributed by atoms with van der Waals surface area (Å²) >= 11 is 0. The molecule has 0 radical (unpaired) electrons. The molecule has 0 bridgehead atoms. The minimum atomic E-state index is -4.89. The lowest BCUT2D eigenvalue weighted by Gasteiger charge is -2.30. The van der Waals surface area contributed by atoms with Gasteiger partial charge in [0.25, 0.3) is 0 Å². The number of rotatable bonds is 5. The van der Waals surface area contributed by atoms with Crippen LogP contribution in [0.3, 0.4) is 0 Å². The van der Waals surface area contributed by atoms with Crippen molar-refractivity contribution in [1.82, 2.24) is 20.2 Å². The molecule has 3 rings (SSSR count). The summed E-state index contributed by atoms with van der Waals surface area (Å²) in [7, 11) is 2.75. The summed E-state index contributed by atoms with van der Waals surface area (Å²) in [6, 6.07) is 3.18. The molecule has 0 fully saturated rings. The Morgan fingerprint density at radius 3 is 2.64 bits per heavy atom. The molecule has 150 valence electrons. The topological polar surface area (TPSA) is 100 Å². The van der Waals surface area contributed by atoms with E-state index in [4.69, 9.17) is 14.2 Å². The summed E-state index contributed by atoms with van der Waals surface area (Å²) in [6.45, 7) is 1.38. The Labute approximate surface area is 157 Å². The summed E-state index contributed by atoms with van der Waals surface area (Å²) in [6.07, 6.45) is -4.89. The minimum Gasteiger partial charge on any atom is -0.497 e. The number of alkyl halides is 3. The lowest BCUT2D eigenvalue weighted by Crippen LogP contribution is -2.35. The van der Waals surface area contributed by atoms with Gasteiger partial charge in [-0.3, -0.25) is 0 Å². The number of anilines is 1. The molecule has 1 N–H and O–H groups in total. The highest BCUT2D eigenvalue weighted by Crippen LogP contribution is 2.44. The van der Waals surface area contributed by atoms with Crippen molar-refractivity contribution in [2.24, 2.45) is 0 Å². The molecule has 2 heterocycles. The molecule has 1 aromatic heterocycles. The van der Waals surface area contributed by atoms with Crippen molar-refractivity contribution in [3.05, 3.63) is 35.0 Å². The van der Waals surface area contributed by atoms with Gasteiger partial charge in [0, 0.05) is 5.56 Å². The van der Waals surface area contributed by atoms with Crippen LogP contribution in [0.25, 0.3) is 0 Å². The summed E-state index contributed by atoms with van der Waals surface area (Å²) in [5.74, 6) is -0.869. The van der Waals surface area contributed by atoms with Crippen LogP contribution in [0.2, 0.25) is 0 Å². The van der Waals surface area contributed by atoms with Gasteiger partial charge in [-0.15, -0.1) is 0 Å². The van der Waals surface area contributed by atoms with Gasteiger partial charge < -0.3 is 19.5 Å². The van der Waals surface area contributed by atoms with Gasteiger partial charge in [-0.05, 0) is 35.5 Å². The van der Waals surface area contributed by atoms with E-state index in [1.165, 1.54) is 33.3 Å². The SMILES string of the molecule is CCOC(=O)C1=C(C(F)(F)F)Nc2nnnn2[C@@H]1c1cc(OC)ccc1OC. The molecule has 12 heteroatoms. The molecular weight excluding hydrogens is 383 g/mol. The number of allylic oxidation sites excluding steroid dienone is 1. The minimum absolute atomic E-state index is 0.113. The van der Waals surface area contributed by atoms with E-state index in [0.29, 0.717) is 5.75 Å². The van der Waals surface area contributed by atoms with Gasteiger partial charge in [0.1, 0.15) is 23.2 Å². The van der Waals surface area contributed by atoms with Crippen molar-refractivity contribution < 1.29 is 32.2 Å². The van der Waals surface area contributed by atoms with Crippen LogP contribution in [0.5, 0.6) is 11.5 Å². The molecule has 0 saturated carbocycles. The average Bonchev–Trinajstić information content (AvgIpc) is 3.13. The number of ether oxygens (including phenoxy) is 3. The summed E-state index contributed by atoms with van der Waals surface area (Å²) in [4.78, 5) is 12.6. The van der Waals surface area contributed by atoms with Gasteiger partial charge >= 0.3 is 12.1 Å². The molecule has 1 aliphatic heterocycles. The fourth-order valence-corrected chi connectivity index (χ4v) is 2.87. The van der Waals surface area contributed by atoms with Gasteiger partial charge in [-0.1, -0.05) is 5.10 Å². The van der Waals surface area contributed by atoms with E-state index in [1.807, 2.05) is 0 Å². The number of carbonyl (C=O) groups excluding carboxylic acids is 1. The number of nitrogens with zero attached hydrogens (tertiary/aromatic N) is 4. The second-order valence-corrected chi connectivity index (χ2v) is 5.59. The second-order valence-electron chi connectivity index (χ2n) is 5.59. The fourth-order valence-electron chi connectivity index (χ4n) is 2.87. The summed E-state index contributed by atoms with van der Waals surface area (Å²) in [5, 5.41) is 12.8. The highest BCUT2D eigenvalue weighted by atomic mass is 19.4. The van der Waals surface area contributed by atoms with Gasteiger partial charge in [0.15, 0.2) is 0 Å². The molecule has 9 nitrogen and oxygen atoms in total. The number of hydrogen-bond acceptors (Lipinski definition) is 8. The second kappa shape index (κ2) is 7.37. The van der Waals surface area contributed by atoms with E-state index in [-0.39, 0.29) is 23.9 Å². The number of nitrogens with one attached hydrogen (secondary N) is 1. The third-order valence-corrected chi connectivity index (χ3v) is 4.03. The molecule has 2 aromatic rings. The predicted molar refractivity (Wildman–Crippen MR) is 88.8 cm³/mol. The number of hydrogen-bond donors (Lipinski definition) is 1. The number of carbonyl (C=O) groups is 1. The zero-order valence-electron chi connectivity index (χ0n) is 15.1. The Hall–Kier alpha value is -3.31. The Bertz CT molecular complexity index is 925. The summed E-state index contributed by atoms with van der Waals surface area (Å²) < 4.78 is 57.6. The molecule has 0 saturated heterocycles. The van der Waals surface area contributed by atoms with E-state index >= 15 is 0 Å². The van der Waals surface area contributed by atoms with E-state index in [1.54, 1.807) is 6.07 Å². The lowest BCUT2D eigenvalue weighted by molar-refractivity contribution is -0.140. The van der Waals surface area contributed by atoms with Gasteiger partial charge in [-0.25, -0.2) is 4.79 Å². The molecular formula is C16H16F3N5O4. The molecule has 1 aliphatic rings. The van der Waals surface area contributed by atoms with Gasteiger partial charge in [0.2, 0.25) is 5.95 Å². The summed E-state index contributed by atoms with van der Waals surface area (Å²) in [5.41, 5.74) is -1.80. The number of fused-ring (bicyclic) bond motifs is 1. The Balaban J connectivity index is 2.32. The number of esters is 1. The lowest BCUT2D eigenvalue weighted by atomic mass is 9.94. The van der Waals surface area contributed by atoms with Crippen molar-refractivity contribution in [2.45, 2.75) is 19.1 Å². The van der Waals surface area contributed by atoms with E-state index < -0.39 is 29.5 Å². The Morgan fingerprint density at radius 2 is 2.04 bits per heavy atom. The molecule has 28 heavy (non-hydrogen) atoms. The monoisotopic (exact) mass is 399 g/mol. The number of tetrazole rings is 1. The van der Waals surface area contributed by atoms with Crippen LogP contribution < -0.4 is 14.8 Å². The number of halogens is 3. The maximum atomic E-state index is 13.7. The van der Waals surface area contributed by atoms with Crippen LogP contribution in [0.15, 0.2) is 29.5 Å². The standard InChI is InChI=1S/C16H16F3N5O4/c1-4-28-14(25)11-12(9-7-8(26-2)5-6-10(9)27-3)24-15(21-22-23-24)20-13(11)16(17,18)19/h5-7,12H,4H2,1-3H3,(H,20,21,23)/t12-/m1/s1. The van der Waals surface area contributed by atoms with Crippen LogP contribution in [0.4, 0.5) is 19.1 Å². The number of methoxy groups -OCH3 is 2. The van der Waals surface area contributed by atoms with Crippen molar-refractivity contribution in [1.29, 1.82) is 0 Å². The maximum Gasteiger partial charge on any atom is 0.431 e. The van der Waals surface area contributed by atoms with Gasteiger partial charge in [-0.2, -0.15) is 17.9 Å². The molecule has 0 spiro atoms. The normalized spacial score (nSPS) is 16.3. The van der Waals surface area contributed by atoms with Crippen LogP contribution >= 0.6 is 0 Å². The number of benzene rings is 1. The first-order chi connectivity index (χ1) is 13.3. The highest BCUT2D eigenvalue weighted by molar-refractivity contribution is 5.93. The zero-order chi connectivity index (χ0) is 20.5. The Kier molecular flexibility index (Phi) is 5.12. The first-order valence-corrected chi connectivity index (χ1v) is 8.07. The largest absolute Gasteiger partial charge is 0.497 e. The van der Waals surface area contributed by atoms with Crippen LogP contribution in [0.1, 0.15) is 18.5 Å². The third kappa shape index (κ3) is 3.32. The van der Waals surface area contributed by atoms with Crippen LogP contribution in [0, 0.1) is 0 Å². The highest BCUT2D eigenvalue weighted by Gasteiger charge is 2.47. The van der Waals surface area contributed by atoms with Crippen LogP contribution in [-0.4, -0.2) is 53.2 Å². The fraction of sp³-hybridized carbons (Fsp3) is 0.375. The third-order valence-electron chi connectivity index (χ3n) is 4.03. The average molecular weight is 399 g/mol. The first kappa shape index (κ1) is 19.5. The van der Waals surface area contributed by atoms with Crippen molar-refractivity contribution in [3.8, 4) is 11.5 Å². The zero-order valence-corrected chi connectivity index (χ0v) is 15.1. The maximum absolute atomic E-state index is 13.7. The van der Waals surface area contributed by atoms with E-state index in [9.17, 15) is 18.0 Å². The number of aromatic nitrogens is 4. The van der Waals surface area contributed by atoms with Crippen molar-refractivity contribution in [3.63, 3.8) is 0 Å². The quantitative estimate of drug-likeness (QED) is 0.763. The Morgan fingerprint density at radius 1 is 1.29 bits per heavy atom. The van der Waals surface area contributed by atoms with E-state index in [2.05, 4.69) is 20.8 Å². The molecule has 0 amide bonds. The van der Waals surface area contributed by atoms with E-state index in [0.717, 1.165) is 4.68 Å². The molecule has 1 aromatic carbocycles. The molecule has 1 atom stereocenters. The first-order valence-electron chi connectivity index (χ1n) is 8.07.